The predicted octanol–water partition coefficient (Wildman–Crippen LogP) is 16.5. The van der Waals surface area contributed by atoms with Crippen molar-refractivity contribution >= 4 is 52.1 Å². The van der Waals surface area contributed by atoms with Crippen LogP contribution < -0.4 is 26.2 Å². The lowest BCUT2D eigenvalue weighted by Crippen LogP contribution is -2.64. The number of hydrogen-bond donors (Lipinski definition) is 0. The van der Waals surface area contributed by atoms with E-state index in [4.69, 9.17) is 4.42 Å². The fourth-order valence-electron chi connectivity index (χ4n) is 16.1. The third-order valence-corrected chi connectivity index (χ3v) is 20.8. The molecule has 0 N–H and O–H groups in total. The average Bonchev–Trinajstić information content (AvgIpc) is 3.67. The lowest BCUT2D eigenvalue weighted by Gasteiger charge is -2.52. The summed E-state index contributed by atoms with van der Waals surface area (Å²) < 4.78 is 7.74. The van der Waals surface area contributed by atoms with Crippen LogP contribution in [0.1, 0.15) is 169 Å². The number of aryl methyl sites for hydroxylation is 3. The fraction of sp³-hybridized carbons (Fsp3) is 0.529. The first-order valence-corrected chi connectivity index (χ1v) is 28.5. The molecule has 3 saturated carbocycles. The number of furan rings is 1. The van der Waals surface area contributed by atoms with Gasteiger partial charge in [-0.15, -0.1) is 0 Å². The lowest BCUT2D eigenvalue weighted by atomic mass is 9.32. The van der Waals surface area contributed by atoms with Crippen LogP contribution in [0.5, 0.6) is 0 Å². The first-order chi connectivity index (χ1) is 33.8. The summed E-state index contributed by atoms with van der Waals surface area (Å²) in [7, 11) is 0. The van der Waals surface area contributed by atoms with E-state index in [0.29, 0.717) is 35.5 Å². The number of rotatable bonds is 3. The molecule has 0 spiro atoms. The van der Waals surface area contributed by atoms with Gasteiger partial charge in [-0.25, -0.2) is 0 Å². The van der Waals surface area contributed by atoms with Crippen molar-refractivity contribution in [3.8, 4) is 11.1 Å². The molecule has 3 aromatic carbocycles. The quantitative estimate of drug-likeness (QED) is 0.191. The highest BCUT2D eigenvalue weighted by Crippen LogP contribution is 2.58. The van der Waals surface area contributed by atoms with Gasteiger partial charge in [0.15, 0.2) is 0 Å². The maximum atomic E-state index is 7.74. The van der Waals surface area contributed by atoms with Crippen LogP contribution >= 0.6 is 0 Å². The molecule has 376 valence electrons. The van der Waals surface area contributed by atoms with Crippen molar-refractivity contribution < 1.29 is 4.42 Å². The Bertz CT molecular complexity index is 3110. The lowest BCUT2D eigenvalue weighted by molar-refractivity contribution is 0.0326. The fourth-order valence-corrected chi connectivity index (χ4v) is 16.1. The van der Waals surface area contributed by atoms with Gasteiger partial charge >= 0.3 is 0 Å². The van der Waals surface area contributed by atoms with Crippen molar-refractivity contribution in [3.63, 3.8) is 0 Å². The number of allylic oxidation sites excluding steroid dienone is 6. The zero-order valence-corrected chi connectivity index (χ0v) is 47.4. The average molecular weight is 957 g/mol. The molecular formula is C68H85BN2O. The molecule has 8 aliphatic rings. The summed E-state index contributed by atoms with van der Waals surface area (Å²) in [5, 5.41) is 0. The Balaban J connectivity index is 1.20. The van der Waals surface area contributed by atoms with E-state index in [1.807, 2.05) is 0 Å². The molecule has 3 nitrogen and oxygen atoms in total. The molecule has 7 unspecified atom stereocenters. The van der Waals surface area contributed by atoms with E-state index in [1.165, 1.54) is 117 Å². The Kier molecular flexibility index (Phi) is 10.7. The van der Waals surface area contributed by atoms with Crippen LogP contribution in [-0.4, -0.2) is 12.8 Å². The van der Waals surface area contributed by atoms with Gasteiger partial charge in [0, 0.05) is 22.8 Å². The van der Waals surface area contributed by atoms with Crippen molar-refractivity contribution in [2.75, 3.05) is 9.80 Å². The van der Waals surface area contributed by atoms with Crippen LogP contribution in [0.15, 0.2) is 99.7 Å². The smallest absolute Gasteiger partial charge is 0.256 e. The summed E-state index contributed by atoms with van der Waals surface area (Å²) >= 11 is 0. The predicted molar refractivity (Wildman–Crippen MR) is 309 cm³/mol. The van der Waals surface area contributed by atoms with Crippen LogP contribution in [0.4, 0.5) is 22.9 Å². The summed E-state index contributed by atoms with van der Waals surface area (Å²) in [6.45, 7) is 41.7. The highest BCUT2D eigenvalue weighted by atomic mass is 16.4. The van der Waals surface area contributed by atoms with Crippen LogP contribution in [0.3, 0.4) is 0 Å². The molecule has 72 heavy (non-hydrogen) atoms. The first kappa shape index (κ1) is 48.3. The minimum Gasteiger partial charge on any atom is -0.441 e. The van der Waals surface area contributed by atoms with E-state index in [2.05, 4.69) is 206 Å². The third-order valence-electron chi connectivity index (χ3n) is 20.8. The Hall–Kier alpha value is -4.70. The second-order valence-electron chi connectivity index (χ2n) is 28.7. The Morgan fingerprint density at radius 3 is 2.03 bits per heavy atom. The van der Waals surface area contributed by atoms with Crippen molar-refractivity contribution in [1.82, 2.24) is 0 Å². The molecular weight excluding hydrogens is 872 g/mol. The van der Waals surface area contributed by atoms with Crippen LogP contribution in [0.2, 0.25) is 0 Å². The van der Waals surface area contributed by atoms with Gasteiger partial charge in [-0.2, -0.15) is 0 Å². The van der Waals surface area contributed by atoms with Gasteiger partial charge in [-0.3, -0.25) is 4.90 Å². The molecule has 6 aliphatic carbocycles. The maximum Gasteiger partial charge on any atom is 0.256 e. The third kappa shape index (κ3) is 7.15. The molecule has 7 atom stereocenters. The van der Waals surface area contributed by atoms with Gasteiger partial charge in [-0.05, 0) is 220 Å². The van der Waals surface area contributed by atoms with E-state index >= 15 is 0 Å². The van der Waals surface area contributed by atoms with Crippen LogP contribution in [0.25, 0.3) is 17.2 Å². The summed E-state index contributed by atoms with van der Waals surface area (Å²) in [6, 6.07) is 17.8. The number of nitrogens with zero attached hydrogens (tertiary/aromatic N) is 2. The van der Waals surface area contributed by atoms with E-state index in [9.17, 15) is 0 Å². The Morgan fingerprint density at radius 2 is 1.35 bits per heavy atom. The molecule has 3 heterocycles. The van der Waals surface area contributed by atoms with Gasteiger partial charge in [0.05, 0.1) is 6.04 Å². The van der Waals surface area contributed by atoms with E-state index in [1.54, 1.807) is 16.7 Å². The van der Waals surface area contributed by atoms with E-state index in [-0.39, 0.29) is 39.8 Å². The van der Waals surface area contributed by atoms with Crippen molar-refractivity contribution in [3.05, 3.63) is 129 Å². The van der Waals surface area contributed by atoms with Gasteiger partial charge in [0.2, 0.25) is 5.88 Å². The Morgan fingerprint density at radius 1 is 0.694 bits per heavy atom. The van der Waals surface area contributed by atoms with Crippen molar-refractivity contribution in [2.24, 2.45) is 57.2 Å². The molecule has 3 fully saturated rings. The number of benzene rings is 3. The highest BCUT2D eigenvalue weighted by molar-refractivity contribution is 7.00. The minimum atomic E-state index is -0.0255. The first-order valence-electron chi connectivity index (χ1n) is 28.5. The minimum absolute atomic E-state index is 0.0107. The molecule has 0 amide bonds. The number of fused-ring (bicyclic) bond motifs is 9. The second-order valence-corrected chi connectivity index (χ2v) is 28.7. The standard InChI is InChI=1S/C68H85BN2O/c1-38-28-42(5)60(43(6)29-38)44-31-57-62-58(32-44)71(56-37-53-51(30-41(56)4)66(12,13)26-27-68(53,16)17)55-23-20-45(64(7,8)9)33-54(55)69(62)61-49-35-47-39(2)18-19-40(3)48(47)36-59(49)72-63(61)70(57)46-21-22-50-52(34-46)67(14,15)25-24-65(50,10)11/h20-23,28-34,36-37,39-41,47,50,52,56H,18-19,24-27,35H2,1-17H3. The molecule has 2 aliphatic heterocycles. The van der Waals surface area contributed by atoms with Crippen molar-refractivity contribution in [2.45, 2.75) is 174 Å². The normalized spacial score (nSPS) is 29.0. The molecule has 12 rings (SSSR count). The molecule has 0 bridgehead atoms. The molecule has 4 heteroatoms. The maximum absolute atomic E-state index is 7.74. The van der Waals surface area contributed by atoms with E-state index in [0.717, 1.165) is 18.1 Å². The van der Waals surface area contributed by atoms with Crippen LogP contribution in [0, 0.1) is 77.9 Å². The SMILES string of the molecule is Cc1cc(C)c(-c2cc3c4c(c2)N(C2C=C5C(=CC2C)C(C)(C)CCC5(C)C)c2ccc(C(C)(C)C)cc2B4c2c(oc4c2CC2C(=C4)C(C)CCC2C)N3C2=CC3C(C=C2)C(C)(C)CCC3(C)C)c(C)c1. The topological polar surface area (TPSA) is 19.6 Å². The largest absolute Gasteiger partial charge is 0.441 e. The zero-order chi connectivity index (χ0) is 51.1. The number of anilines is 4. The Labute approximate surface area is 435 Å². The monoisotopic (exact) mass is 957 g/mol. The summed E-state index contributed by atoms with van der Waals surface area (Å²) in [5.74, 6) is 5.08. The molecule has 0 radical (unpaired) electrons. The van der Waals surface area contributed by atoms with Gasteiger partial charge in [0.25, 0.3) is 6.71 Å². The zero-order valence-electron chi connectivity index (χ0n) is 47.4. The second kappa shape index (κ2) is 15.9. The van der Waals surface area contributed by atoms with Gasteiger partial charge < -0.3 is 9.32 Å². The van der Waals surface area contributed by atoms with E-state index < -0.39 is 0 Å². The summed E-state index contributed by atoms with van der Waals surface area (Å²) in [5.41, 5.74) is 24.4. The molecule has 1 aromatic heterocycles. The summed E-state index contributed by atoms with van der Waals surface area (Å²) in [6.07, 6.45) is 24.3. The molecule has 0 saturated heterocycles. The van der Waals surface area contributed by atoms with Crippen LogP contribution in [-0.2, 0) is 11.8 Å². The number of hydrogen-bond acceptors (Lipinski definition) is 3. The van der Waals surface area contributed by atoms with Gasteiger partial charge in [0.1, 0.15) is 5.76 Å². The summed E-state index contributed by atoms with van der Waals surface area (Å²) in [4.78, 5) is 5.52. The van der Waals surface area contributed by atoms with Crippen molar-refractivity contribution in [1.29, 1.82) is 0 Å². The van der Waals surface area contributed by atoms with Gasteiger partial charge in [-0.1, -0.05) is 157 Å². The highest BCUT2D eigenvalue weighted by Gasteiger charge is 2.53. The molecule has 4 aromatic rings.